The minimum absolute atomic E-state index is 0.357. The van der Waals surface area contributed by atoms with Crippen LogP contribution in [0.2, 0.25) is 0 Å². The predicted octanol–water partition coefficient (Wildman–Crippen LogP) is -0.981. The van der Waals surface area contributed by atoms with Gasteiger partial charge in [-0.1, -0.05) is 0 Å². The number of piperazine rings is 1. The maximum atomic E-state index is 11.3. The lowest BCUT2D eigenvalue weighted by molar-refractivity contribution is -0.145. The molecule has 6 heteroatoms. The van der Waals surface area contributed by atoms with Crippen LogP contribution in [-0.2, 0) is 9.53 Å². The van der Waals surface area contributed by atoms with E-state index in [4.69, 9.17) is 4.74 Å². The molecule has 104 valence electrons. The summed E-state index contributed by atoms with van der Waals surface area (Å²) in [6.45, 7) is 7.72. The van der Waals surface area contributed by atoms with Crippen molar-refractivity contribution in [3.63, 3.8) is 0 Å². The van der Waals surface area contributed by atoms with Crippen molar-refractivity contribution in [2.75, 3.05) is 66.1 Å². The molecular weight excluding hydrogens is 234 g/mol. The molecule has 0 aromatic heterocycles. The van der Waals surface area contributed by atoms with Crippen LogP contribution in [0.15, 0.2) is 0 Å². The molecular formula is C12H23N3O3. The molecule has 0 amide bonds. The van der Waals surface area contributed by atoms with Crippen LogP contribution in [0.5, 0.6) is 0 Å². The summed E-state index contributed by atoms with van der Waals surface area (Å²) in [5.41, 5.74) is 0. The Morgan fingerprint density at radius 1 is 1.22 bits per heavy atom. The van der Waals surface area contributed by atoms with Crippen molar-refractivity contribution in [3.05, 3.63) is 0 Å². The zero-order valence-electron chi connectivity index (χ0n) is 11.0. The molecule has 2 fully saturated rings. The number of likely N-dealkylation sites (N-methyl/N-ethyl adjacent to an activating group) is 1. The number of aliphatic carboxylic acids is 1. The lowest BCUT2D eigenvalue weighted by atomic mass is 10.1. The van der Waals surface area contributed by atoms with Crippen LogP contribution < -0.4 is 0 Å². The topological polar surface area (TPSA) is 56.2 Å². The molecule has 2 rings (SSSR count). The van der Waals surface area contributed by atoms with Gasteiger partial charge in [-0.25, -0.2) is 0 Å². The Kier molecular flexibility index (Phi) is 4.94. The fourth-order valence-corrected chi connectivity index (χ4v) is 2.55. The maximum absolute atomic E-state index is 11.3. The van der Waals surface area contributed by atoms with Gasteiger partial charge in [0.05, 0.1) is 13.2 Å². The third-order valence-electron chi connectivity index (χ3n) is 3.79. The van der Waals surface area contributed by atoms with Gasteiger partial charge in [0.25, 0.3) is 0 Å². The molecule has 1 unspecified atom stereocenters. The molecule has 2 aliphatic rings. The third-order valence-corrected chi connectivity index (χ3v) is 3.79. The van der Waals surface area contributed by atoms with E-state index < -0.39 is 5.97 Å². The first-order chi connectivity index (χ1) is 8.66. The molecule has 0 aromatic carbocycles. The van der Waals surface area contributed by atoms with Crippen LogP contribution in [0.25, 0.3) is 0 Å². The summed E-state index contributed by atoms with van der Waals surface area (Å²) in [7, 11) is 1.98. The summed E-state index contributed by atoms with van der Waals surface area (Å²) in [4.78, 5) is 17.8. The molecule has 2 saturated heterocycles. The molecule has 1 atom stereocenters. The highest BCUT2D eigenvalue weighted by atomic mass is 16.5. The van der Waals surface area contributed by atoms with E-state index in [0.717, 1.165) is 52.5 Å². The molecule has 0 aliphatic carbocycles. The standard InChI is InChI=1S/C12H23N3O3/c1-13-2-4-15(11(10-13)12(16)17)5-3-14-6-8-18-9-7-14/h11H,2-10H2,1H3,(H,16,17). The quantitative estimate of drug-likeness (QED) is 0.698. The Labute approximate surface area is 108 Å². The van der Waals surface area contributed by atoms with Gasteiger partial charge < -0.3 is 14.7 Å². The summed E-state index contributed by atoms with van der Waals surface area (Å²) in [5.74, 6) is -0.705. The Balaban J connectivity index is 1.80. The normalized spacial score (nSPS) is 28.4. The van der Waals surface area contributed by atoms with Gasteiger partial charge in [0.1, 0.15) is 6.04 Å². The van der Waals surface area contributed by atoms with Gasteiger partial charge in [-0.3, -0.25) is 14.6 Å². The van der Waals surface area contributed by atoms with E-state index in [9.17, 15) is 9.90 Å². The average molecular weight is 257 g/mol. The number of carboxylic acids is 1. The SMILES string of the molecule is CN1CCN(CCN2CCOCC2)C(C(=O)O)C1. The highest BCUT2D eigenvalue weighted by Crippen LogP contribution is 2.09. The third kappa shape index (κ3) is 3.65. The van der Waals surface area contributed by atoms with Crippen LogP contribution in [0.1, 0.15) is 0 Å². The number of carbonyl (C=O) groups is 1. The van der Waals surface area contributed by atoms with Gasteiger partial charge in [-0.05, 0) is 7.05 Å². The van der Waals surface area contributed by atoms with Crippen molar-refractivity contribution in [1.29, 1.82) is 0 Å². The Bertz CT molecular complexity index is 282. The summed E-state index contributed by atoms with van der Waals surface area (Å²) in [6, 6.07) is -0.357. The maximum Gasteiger partial charge on any atom is 0.322 e. The summed E-state index contributed by atoms with van der Waals surface area (Å²) < 4.78 is 5.31. The van der Waals surface area contributed by atoms with Gasteiger partial charge in [-0.2, -0.15) is 0 Å². The fourth-order valence-electron chi connectivity index (χ4n) is 2.55. The molecule has 2 heterocycles. The summed E-state index contributed by atoms with van der Waals surface area (Å²) >= 11 is 0. The van der Waals surface area contributed by atoms with E-state index in [1.807, 2.05) is 7.05 Å². The Morgan fingerprint density at radius 2 is 1.94 bits per heavy atom. The average Bonchev–Trinajstić information content (AvgIpc) is 2.38. The van der Waals surface area contributed by atoms with Crippen molar-refractivity contribution >= 4 is 5.97 Å². The summed E-state index contributed by atoms with van der Waals surface area (Å²) in [5, 5.41) is 9.26. The van der Waals surface area contributed by atoms with Crippen molar-refractivity contribution in [1.82, 2.24) is 14.7 Å². The van der Waals surface area contributed by atoms with Crippen molar-refractivity contribution in [2.45, 2.75) is 6.04 Å². The number of ether oxygens (including phenoxy) is 1. The molecule has 0 radical (unpaired) electrons. The minimum Gasteiger partial charge on any atom is -0.480 e. The zero-order chi connectivity index (χ0) is 13.0. The van der Waals surface area contributed by atoms with E-state index in [1.165, 1.54) is 0 Å². The van der Waals surface area contributed by atoms with E-state index >= 15 is 0 Å². The van der Waals surface area contributed by atoms with Crippen LogP contribution in [0, 0.1) is 0 Å². The van der Waals surface area contributed by atoms with Crippen molar-refractivity contribution in [3.8, 4) is 0 Å². The summed E-state index contributed by atoms with van der Waals surface area (Å²) in [6.07, 6.45) is 0. The number of rotatable bonds is 4. The number of hydrogen-bond acceptors (Lipinski definition) is 5. The van der Waals surface area contributed by atoms with E-state index in [-0.39, 0.29) is 6.04 Å². The lowest BCUT2D eigenvalue weighted by Gasteiger charge is -2.39. The number of morpholine rings is 1. The van der Waals surface area contributed by atoms with Gasteiger partial charge in [0.2, 0.25) is 0 Å². The fraction of sp³-hybridized carbons (Fsp3) is 0.917. The molecule has 0 spiro atoms. The van der Waals surface area contributed by atoms with Crippen molar-refractivity contribution < 1.29 is 14.6 Å². The van der Waals surface area contributed by atoms with Gasteiger partial charge >= 0.3 is 5.97 Å². The van der Waals surface area contributed by atoms with Gasteiger partial charge in [0.15, 0.2) is 0 Å². The van der Waals surface area contributed by atoms with Crippen LogP contribution in [-0.4, -0.2) is 97.9 Å². The first kappa shape index (κ1) is 13.7. The van der Waals surface area contributed by atoms with E-state index in [0.29, 0.717) is 6.54 Å². The molecule has 0 aromatic rings. The number of hydrogen-bond donors (Lipinski definition) is 1. The molecule has 2 aliphatic heterocycles. The first-order valence-electron chi connectivity index (χ1n) is 6.62. The second-order valence-electron chi connectivity index (χ2n) is 5.11. The van der Waals surface area contributed by atoms with Crippen LogP contribution in [0.4, 0.5) is 0 Å². The van der Waals surface area contributed by atoms with Crippen LogP contribution >= 0.6 is 0 Å². The predicted molar refractivity (Wildman–Crippen MR) is 67.8 cm³/mol. The number of nitrogens with zero attached hydrogens (tertiary/aromatic N) is 3. The molecule has 18 heavy (non-hydrogen) atoms. The molecule has 0 saturated carbocycles. The molecule has 6 nitrogen and oxygen atoms in total. The largest absolute Gasteiger partial charge is 0.480 e. The Morgan fingerprint density at radius 3 is 2.61 bits per heavy atom. The van der Waals surface area contributed by atoms with E-state index in [1.54, 1.807) is 0 Å². The monoisotopic (exact) mass is 257 g/mol. The smallest absolute Gasteiger partial charge is 0.322 e. The van der Waals surface area contributed by atoms with Gasteiger partial charge in [-0.15, -0.1) is 0 Å². The molecule has 1 N–H and O–H groups in total. The lowest BCUT2D eigenvalue weighted by Crippen LogP contribution is -2.57. The Hall–Kier alpha value is -0.690. The van der Waals surface area contributed by atoms with Crippen LogP contribution in [0.3, 0.4) is 0 Å². The highest BCUT2D eigenvalue weighted by Gasteiger charge is 2.30. The molecule has 0 bridgehead atoms. The zero-order valence-corrected chi connectivity index (χ0v) is 11.0. The second kappa shape index (κ2) is 6.47. The highest BCUT2D eigenvalue weighted by molar-refractivity contribution is 5.73. The van der Waals surface area contributed by atoms with E-state index in [2.05, 4.69) is 14.7 Å². The minimum atomic E-state index is -0.705. The number of carboxylic acid groups (broad SMARTS) is 1. The second-order valence-corrected chi connectivity index (χ2v) is 5.11. The van der Waals surface area contributed by atoms with Gasteiger partial charge in [0, 0.05) is 45.8 Å². The van der Waals surface area contributed by atoms with Crippen molar-refractivity contribution in [2.24, 2.45) is 0 Å². The first-order valence-corrected chi connectivity index (χ1v) is 6.62.